The second-order valence-electron chi connectivity index (χ2n) is 7.35. The molecule has 1 amide bonds. The van der Waals surface area contributed by atoms with Gasteiger partial charge < -0.3 is 19.4 Å². The molecule has 6 nitrogen and oxygen atoms in total. The van der Waals surface area contributed by atoms with Gasteiger partial charge in [0.25, 0.3) is 5.91 Å². The molecule has 1 saturated heterocycles. The molecule has 0 radical (unpaired) electrons. The summed E-state index contributed by atoms with van der Waals surface area (Å²) in [7, 11) is 0. The van der Waals surface area contributed by atoms with Crippen LogP contribution in [-0.4, -0.2) is 30.6 Å². The monoisotopic (exact) mass is 375 g/mol. The highest BCUT2D eigenvalue weighted by Crippen LogP contribution is 2.50. The summed E-state index contributed by atoms with van der Waals surface area (Å²) in [4.78, 5) is 19.0. The van der Waals surface area contributed by atoms with Crippen LogP contribution in [0.15, 0.2) is 65.5 Å². The van der Waals surface area contributed by atoms with Crippen LogP contribution in [0.3, 0.4) is 0 Å². The van der Waals surface area contributed by atoms with E-state index in [1.165, 1.54) is 17.5 Å². The third-order valence-corrected chi connectivity index (χ3v) is 5.73. The van der Waals surface area contributed by atoms with E-state index in [1.807, 2.05) is 18.3 Å². The molecule has 1 aromatic carbocycles. The van der Waals surface area contributed by atoms with Crippen molar-refractivity contribution >= 4 is 23.0 Å². The molecule has 1 spiro atoms. The average molecular weight is 375 g/mol. The van der Waals surface area contributed by atoms with Gasteiger partial charge in [-0.15, -0.1) is 0 Å². The number of fused-ring (bicyclic) bond motifs is 2. The summed E-state index contributed by atoms with van der Waals surface area (Å²) in [5.41, 5.74) is 4.32. The number of amides is 1. The number of carbonyl (C=O) groups excluding carboxylic acids is 1. The molecule has 142 valence electrons. The van der Waals surface area contributed by atoms with Crippen LogP contribution in [0.25, 0.3) is 0 Å². The van der Waals surface area contributed by atoms with Gasteiger partial charge in [0.15, 0.2) is 5.76 Å². The van der Waals surface area contributed by atoms with Crippen LogP contribution in [0.4, 0.5) is 17.1 Å². The maximum absolute atomic E-state index is 12.4. The highest BCUT2D eigenvalue weighted by molar-refractivity contribution is 6.02. The van der Waals surface area contributed by atoms with Gasteiger partial charge in [-0.2, -0.15) is 0 Å². The second-order valence-corrected chi connectivity index (χ2v) is 7.35. The number of nitrogens with zero attached hydrogens (tertiary/aromatic N) is 2. The number of hydrogen-bond acceptors (Lipinski definition) is 5. The molecule has 2 aliphatic heterocycles. The molecule has 2 aliphatic rings. The molecule has 2 aromatic heterocycles. The first kappa shape index (κ1) is 17.0. The van der Waals surface area contributed by atoms with Gasteiger partial charge in [0.05, 0.1) is 18.1 Å². The summed E-state index contributed by atoms with van der Waals surface area (Å²) >= 11 is 0. The Morgan fingerprint density at radius 1 is 1.14 bits per heavy atom. The Labute approximate surface area is 163 Å². The number of pyridine rings is 1. The number of anilines is 3. The Bertz CT molecular complexity index is 980. The van der Waals surface area contributed by atoms with Crippen LogP contribution in [0.2, 0.25) is 0 Å². The molecule has 3 aromatic rings. The van der Waals surface area contributed by atoms with Gasteiger partial charge in [-0.3, -0.25) is 9.78 Å². The number of furan rings is 1. The molecule has 6 heteroatoms. The fourth-order valence-electron chi connectivity index (χ4n) is 4.28. The van der Waals surface area contributed by atoms with E-state index < -0.39 is 0 Å². The van der Waals surface area contributed by atoms with Crippen molar-refractivity contribution in [1.29, 1.82) is 0 Å². The third kappa shape index (κ3) is 2.86. The van der Waals surface area contributed by atoms with Gasteiger partial charge in [0.1, 0.15) is 0 Å². The number of hydrogen-bond donors (Lipinski definition) is 1. The number of ether oxygens (including phenoxy) is 1. The summed E-state index contributed by atoms with van der Waals surface area (Å²) in [5, 5.41) is 2.96. The van der Waals surface area contributed by atoms with Crippen molar-refractivity contribution in [2.45, 2.75) is 18.3 Å². The zero-order chi connectivity index (χ0) is 19.0. The van der Waals surface area contributed by atoms with Crippen LogP contribution < -0.4 is 10.2 Å². The van der Waals surface area contributed by atoms with E-state index in [1.54, 1.807) is 18.3 Å². The normalized spacial score (nSPS) is 17.5. The topological polar surface area (TPSA) is 67.6 Å². The maximum atomic E-state index is 12.4. The van der Waals surface area contributed by atoms with Gasteiger partial charge in [-0.05, 0) is 60.9 Å². The molecule has 5 rings (SSSR count). The van der Waals surface area contributed by atoms with Crippen LogP contribution in [-0.2, 0) is 10.2 Å². The number of benzene rings is 1. The third-order valence-electron chi connectivity index (χ3n) is 5.73. The molecule has 0 saturated carbocycles. The summed E-state index contributed by atoms with van der Waals surface area (Å²) in [6.07, 6.45) is 7.12. The molecular weight excluding hydrogens is 354 g/mol. The fraction of sp³-hybridized carbons (Fsp3) is 0.273. The van der Waals surface area contributed by atoms with Crippen molar-refractivity contribution in [2.24, 2.45) is 0 Å². The van der Waals surface area contributed by atoms with Gasteiger partial charge >= 0.3 is 0 Å². The number of carbonyl (C=O) groups is 1. The molecule has 0 aliphatic carbocycles. The summed E-state index contributed by atoms with van der Waals surface area (Å²) < 4.78 is 10.8. The summed E-state index contributed by atoms with van der Waals surface area (Å²) in [6, 6.07) is 13.6. The lowest BCUT2D eigenvalue weighted by atomic mass is 9.76. The van der Waals surface area contributed by atoms with Crippen molar-refractivity contribution < 1.29 is 13.9 Å². The lowest BCUT2D eigenvalue weighted by Crippen LogP contribution is -2.37. The van der Waals surface area contributed by atoms with E-state index in [2.05, 4.69) is 33.4 Å². The molecule has 0 atom stereocenters. The zero-order valence-electron chi connectivity index (χ0n) is 15.4. The van der Waals surface area contributed by atoms with E-state index in [0.717, 1.165) is 44.0 Å². The Morgan fingerprint density at radius 3 is 2.79 bits per heavy atom. The number of nitrogens with one attached hydrogen (secondary N) is 1. The first-order valence-electron chi connectivity index (χ1n) is 9.50. The molecule has 0 unspecified atom stereocenters. The average Bonchev–Trinajstić information content (AvgIpc) is 3.37. The van der Waals surface area contributed by atoms with E-state index in [9.17, 15) is 4.79 Å². The van der Waals surface area contributed by atoms with Crippen LogP contribution in [0.5, 0.6) is 0 Å². The minimum atomic E-state index is -0.243. The Balaban J connectivity index is 1.52. The summed E-state index contributed by atoms with van der Waals surface area (Å²) in [5.74, 6) is 0.0614. The molecular formula is C22H21N3O3. The Kier molecular flexibility index (Phi) is 4.13. The molecule has 4 heterocycles. The minimum absolute atomic E-state index is 0.0227. The molecule has 1 N–H and O–H groups in total. The summed E-state index contributed by atoms with van der Waals surface area (Å²) in [6.45, 7) is 2.40. The van der Waals surface area contributed by atoms with E-state index in [4.69, 9.17) is 9.15 Å². The lowest BCUT2D eigenvalue weighted by molar-refractivity contribution is 0.0558. The quantitative estimate of drug-likeness (QED) is 0.746. The van der Waals surface area contributed by atoms with Crippen molar-refractivity contribution in [1.82, 2.24) is 4.98 Å². The highest BCUT2D eigenvalue weighted by Gasteiger charge is 2.44. The highest BCUT2D eigenvalue weighted by atomic mass is 16.5. The predicted molar refractivity (Wildman–Crippen MR) is 106 cm³/mol. The Hall–Kier alpha value is -3.12. The van der Waals surface area contributed by atoms with Crippen molar-refractivity contribution in [3.05, 3.63) is 72.4 Å². The standard InChI is InChI=1S/C22H21N3O3/c26-21(20-4-2-10-28-20)24-16-5-6-19-18(13-16)22(7-11-27-12-8-22)15-25(19)17-3-1-9-23-14-17/h1-6,9-10,13-14H,7-8,11-12,15H2,(H,24,26). The Morgan fingerprint density at radius 2 is 2.04 bits per heavy atom. The largest absolute Gasteiger partial charge is 0.459 e. The molecule has 1 fully saturated rings. The maximum Gasteiger partial charge on any atom is 0.291 e. The SMILES string of the molecule is O=C(Nc1ccc2c(c1)C1(CCOCC1)CN2c1cccnc1)c1ccco1. The molecule has 28 heavy (non-hydrogen) atoms. The smallest absolute Gasteiger partial charge is 0.291 e. The predicted octanol–water partition coefficient (Wildman–Crippen LogP) is 4.13. The minimum Gasteiger partial charge on any atom is -0.459 e. The molecule has 0 bridgehead atoms. The van der Waals surface area contributed by atoms with E-state index >= 15 is 0 Å². The first-order chi connectivity index (χ1) is 13.8. The van der Waals surface area contributed by atoms with Gasteiger partial charge in [0.2, 0.25) is 0 Å². The van der Waals surface area contributed by atoms with E-state index in [-0.39, 0.29) is 11.3 Å². The van der Waals surface area contributed by atoms with Crippen molar-refractivity contribution in [2.75, 3.05) is 30.0 Å². The van der Waals surface area contributed by atoms with Gasteiger partial charge in [0, 0.05) is 42.7 Å². The zero-order valence-corrected chi connectivity index (χ0v) is 15.4. The van der Waals surface area contributed by atoms with Gasteiger partial charge in [-0.25, -0.2) is 0 Å². The number of rotatable bonds is 3. The fourth-order valence-corrected chi connectivity index (χ4v) is 4.28. The lowest BCUT2D eigenvalue weighted by Gasteiger charge is -2.34. The van der Waals surface area contributed by atoms with Crippen LogP contribution in [0, 0.1) is 0 Å². The second kappa shape index (κ2) is 6.80. The first-order valence-corrected chi connectivity index (χ1v) is 9.50. The van der Waals surface area contributed by atoms with Gasteiger partial charge in [-0.1, -0.05) is 0 Å². The van der Waals surface area contributed by atoms with Crippen molar-refractivity contribution in [3.63, 3.8) is 0 Å². The van der Waals surface area contributed by atoms with Crippen molar-refractivity contribution in [3.8, 4) is 0 Å². The van der Waals surface area contributed by atoms with Crippen LogP contribution in [0.1, 0.15) is 29.0 Å². The van der Waals surface area contributed by atoms with Crippen LogP contribution >= 0.6 is 0 Å². The number of aromatic nitrogens is 1. The van der Waals surface area contributed by atoms with E-state index in [0.29, 0.717) is 5.76 Å².